The van der Waals surface area contributed by atoms with Gasteiger partial charge in [-0.2, -0.15) is 0 Å². The molecule has 8 heteroatoms. The minimum atomic E-state index is -3.73. The molecule has 0 amide bonds. The average molecular weight is 324 g/mol. The van der Waals surface area contributed by atoms with Crippen molar-refractivity contribution in [1.29, 1.82) is 0 Å². The fourth-order valence-electron chi connectivity index (χ4n) is 2.09. The van der Waals surface area contributed by atoms with Crippen molar-refractivity contribution >= 4 is 39.9 Å². The summed E-state index contributed by atoms with van der Waals surface area (Å²) in [6.45, 7) is 0.279. The largest absolute Gasteiger partial charge is 0.491 e. The van der Waals surface area contributed by atoms with Crippen molar-refractivity contribution in [2.75, 3.05) is 4.72 Å². The van der Waals surface area contributed by atoms with E-state index in [2.05, 4.69) is 4.72 Å². The maximum Gasteiger partial charge on any atom is 0.491 e. The Balaban J connectivity index is 1.92. The van der Waals surface area contributed by atoms with Gasteiger partial charge < -0.3 is 9.68 Å². The molecule has 0 bridgehead atoms. The predicted molar refractivity (Wildman–Crippen MR) is 81.1 cm³/mol. The van der Waals surface area contributed by atoms with Gasteiger partial charge in [0.1, 0.15) is 0 Å². The van der Waals surface area contributed by atoms with Crippen LogP contribution in [0.4, 0.5) is 5.69 Å². The highest BCUT2D eigenvalue weighted by molar-refractivity contribution is 7.92. The van der Waals surface area contributed by atoms with Crippen molar-refractivity contribution in [3.05, 3.63) is 53.1 Å². The average Bonchev–Trinajstić information content (AvgIpc) is 2.82. The summed E-state index contributed by atoms with van der Waals surface area (Å²) in [5.74, 6) is 0. The lowest BCUT2D eigenvalue weighted by atomic mass is 9.80. The van der Waals surface area contributed by atoms with Crippen LogP contribution in [0.3, 0.4) is 0 Å². The molecule has 108 valence electrons. The van der Waals surface area contributed by atoms with Crippen LogP contribution in [-0.4, -0.2) is 20.6 Å². The van der Waals surface area contributed by atoms with Crippen LogP contribution in [0.1, 0.15) is 5.56 Å². The second-order valence-corrected chi connectivity index (χ2v) is 6.76. The molecule has 0 saturated carbocycles. The van der Waals surface area contributed by atoms with Gasteiger partial charge in [-0.05, 0) is 47.4 Å². The van der Waals surface area contributed by atoms with Gasteiger partial charge in [0, 0.05) is 10.7 Å². The number of halogens is 1. The number of hydrogen-bond acceptors (Lipinski definition) is 4. The molecular weight excluding hydrogens is 312 g/mol. The van der Waals surface area contributed by atoms with E-state index in [0.717, 1.165) is 5.56 Å². The highest BCUT2D eigenvalue weighted by Crippen LogP contribution is 2.20. The van der Waals surface area contributed by atoms with Gasteiger partial charge in [-0.3, -0.25) is 4.72 Å². The van der Waals surface area contributed by atoms with E-state index >= 15 is 0 Å². The normalized spacial score (nSPS) is 14.1. The molecule has 1 heterocycles. The van der Waals surface area contributed by atoms with E-state index < -0.39 is 17.1 Å². The lowest BCUT2D eigenvalue weighted by Gasteiger charge is -2.09. The van der Waals surface area contributed by atoms with Crippen LogP contribution >= 0.6 is 11.6 Å². The first-order chi connectivity index (χ1) is 9.95. The van der Waals surface area contributed by atoms with Crippen molar-refractivity contribution in [3.63, 3.8) is 0 Å². The highest BCUT2D eigenvalue weighted by Gasteiger charge is 2.29. The third-order valence-corrected chi connectivity index (χ3v) is 4.82. The Labute approximate surface area is 127 Å². The predicted octanol–water partition coefficient (Wildman–Crippen LogP) is 1.36. The summed E-state index contributed by atoms with van der Waals surface area (Å²) in [5.41, 5.74) is 1.68. The summed E-state index contributed by atoms with van der Waals surface area (Å²) in [5, 5.41) is 10.2. The fraction of sp³-hybridized carbons (Fsp3) is 0.0769. The number of nitrogens with one attached hydrogen (secondary N) is 1. The Hall–Kier alpha value is -1.54. The van der Waals surface area contributed by atoms with Gasteiger partial charge in [0.2, 0.25) is 0 Å². The molecule has 21 heavy (non-hydrogen) atoms. The molecule has 0 aromatic heterocycles. The van der Waals surface area contributed by atoms with Gasteiger partial charge in [-0.25, -0.2) is 8.42 Å². The summed E-state index contributed by atoms with van der Waals surface area (Å²) >= 11 is 5.76. The molecule has 1 aliphatic rings. The summed E-state index contributed by atoms with van der Waals surface area (Å²) < 4.78 is 32.2. The van der Waals surface area contributed by atoms with Gasteiger partial charge in [0.05, 0.1) is 11.5 Å². The molecule has 5 nitrogen and oxygen atoms in total. The minimum absolute atomic E-state index is 0.0701. The monoisotopic (exact) mass is 323 g/mol. The van der Waals surface area contributed by atoms with E-state index in [0.29, 0.717) is 16.2 Å². The van der Waals surface area contributed by atoms with E-state index in [9.17, 15) is 13.4 Å². The molecule has 0 saturated heterocycles. The Morgan fingerprint density at radius 1 is 1.19 bits per heavy atom. The summed E-state index contributed by atoms with van der Waals surface area (Å²) in [4.78, 5) is 0.0701. The Kier molecular flexibility index (Phi) is 3.67. The van der Waals surface area contributed by atoms with Crippen LogP contribution in [0, 0.1) is 0 Å². The molecule has 0 spiro atoms. The maximum atomic E-state index is 12.3. The lowest BCUT2D eigenvalue weighted by Crippen LogP contribution is -2.29. The van der Waals surface area contributed by atoms with Crippen LogP contribution in [0.2, 0.25) is 5.02 Å². The van der Waals surface area contributed by atoms with Crippen molar-refractivity contribution in [3.8, 4) is 0 Å². The van der Waals surface area contributed by atoms with Gasteiger partial charge in [-0.15, -0.1) is 0 Å². The summed E-state index contributed by atoms with van der Waals surface area (Å²) in [6, 6.07) is 10.9. The van der Waals surface area contributed by atoms with Crippen molar-refractivity contribution in [1.82, 2.24) is 0 Å². The lowest BCUT2D eigenvalue weighted by molar-refractivity contribution is 0.275. The van der Waals surface area contributed by atoms with Gasteiger partial charge in [0.25, 0.3) is 10.0 Å². The van der Waals surface area contributed by atoms with Crippen LogP contribution in [0.25, 0.3) is 0 Å². The van der Waals surface area contributed by atoms with Gasteiger partial charge in [-0.1, -0.05) is 17.7 Å². The zero-order valence-electron chi connectivity index (χ0n) is 10.8. The molecule has 3 rings (SSSR count). The van der Waals surface area contributed by atoms with Crippen LogP contribution in [-0.2, 0) is 21.3 Å². The minimum Gasteiger partial charge on any atom is -0.423 e. The Bertz CT molecular complexity index is 779. The van der Waals surface area contributed by atoms with E-state index in [-0.39, 0.29) is 11.5 Å². The first-order valence-electron chi connectivity index (χ1n) is 6.16. The molecule has 0 fully saturated rings. The molecular formula is C13H11BClNO4S. The molecule has 2 N–H and O–H groups in total. The van der Waals surface area contributed by atoms with Crippen LogP contribution < -0.4 is 10.2 Å². The van der Waals surface area contributed by atoms with E-state index in [1.165, 1.54) is 12.1 Å². The maximum absolute atomic E-state index is 12.3. The SMILES string of the molecule is O=S(=O)(Nc1ccc(Cl)cc1)c1ccc2c(c1)B(O)OC2. The quantitative estimate of drug-likeness (QED) is 0.836. The number of sulfonamides is 1. The first kappa shape index (κ1) is 14.4. The van der Waals surface area contributed by atoms with Crippen LogP contribution in [0.15, 0.2) is 47.4 Å². The van der Waals surface area contributed by atoms with E-state index in [4.69, 9.17) is 16.3 Å². The molecule has 1 aliphatic heterocycles. The fourth-order valence-corrected chi connectivity index (χ4v) is 3.31. The molecule has 2 aromatic rings. The number of rotatable bonds is 3. The van der Waals surface area contributed by atoms with Crippen LogP contribution in [0.5, 0.6) is 0 Å². The highest BCUT2D eigenvalue weighted by atomic mass is 35.5. The van der Waals surface area contributed by atoms with E-state index in [1.807, 2.05) is 0 Å². The molecule has 0 aliphatic carbocycles. The smallest absolute Gasteiger partial charge is 0.423 e. The zero-order valence-corrected chi connectivity index (χ0v) is 12.4. The Morgan fingerprint density at radius 3 is 2.62 bits per heavy atom. The zero-order chi connectivity index (χ0) is 15.0. The third-order valence-electron chi connectivity index (χ3n) is 3.19. The van der Waals surface area contributed by atoms with Crippen molar-refractivity contribution in [2.45, 2.75) is 11.5 Å². The van der Waals surface area contributed by atoms with Crippen molar-refractivity contribution < 1.29 is 18.1 Å². The van der Waals surface area contributed by atoms with Crippen molar-refractivity contribution in [2.24, 2.45) is 0 Å². The molecule has 0 unspecified atom stereocenters. The number of benzene rings is 2. The topological polar surface area (TPSA) is 75.6 Å². The summed E-state index contributed by atoms with van der Waals surface area (Å²) in [6.07, 6.45) is 0. The second kappa shape index (κ2) is 5.34. The van der Waals surface area contributed by atoms with Gasteiger partial charge in [0.15, 0.2) is 0 Å². The number of fused-ring (bicyclic) bond motifs is 1. The van der Waals surface area contributed by atoms with E-state index in [1.54, 1.807) is 30.3 Å². The third kappa shape index (κ3) is 2.91. The molecule has 0 atom stereocenters. The first-order valence-corrected chi connectivity index (χ1v) is 8.03. The Morgan fingerprint density at radius 2 is 1.90 bits per heavy atom. The second-order valence-electron chi connectivity index (χ2n) is 4.64. The number of anilines is 1. The molecule has 0 radical (unpaired) electrons. The number of hydrogen-bond donors (Lipinski definition) is 2. The standard InChI is InChI=1S/C13H11BClNO4S/c15-10-2-4-11(5-3-10)16-21(18,19)12-6-1-9-8-20-14(17)13(9)7-12/h1-7,16-17H,8H2. The molecule has 2 aromatic carbocycles. The summed E-state index contributed by atoms with van der Waals surface area (Å²) in [7, 11) is -4.81. The van der Waals surface area contributed by atoms with Gasteiger partial charge >= 0.3 is 7.12 Å².